The molecule has 7 nitrogen and oxygen atoms in total. The van der Waals surface area contributed by atoms with Gasteiger partial charge >= 0.3 is 0 Å². The molecule has 0 bridgehead atoms. The van der Waals surface area contributed by atoms with Crippen LogP contribution in [0.4, 0.5) is 10.1 Å². The molecule has 0 fully saturated rings. The summed E-state index contributed by atoms with van der Waals surface area (Å²) in [5.41, 5.74) is 0.343. The number of benzene rings is 2. The van der Waals surface area contributed by atoms with Gasteiger partial charge in [-0.05, 0) is 44.0 Å². The van der Waals surface area contributed by atoms with Gasteiger partial charge in [0.15, 0.2) is 0 Å². The van der Waals surface area contributed by atoms with E-state index in [1.165, 1.54) is 23.1 Å². The molecule has 0 aliphatic rings. The van der Waals surface area contributed by atoms with Crippen LogP contribution in [0.25, 0.3) is 0 Å². The Balaban J connectivity index is 2.41. The Morgan fingerprint density at radius 2 is 1.70 bits per heavy atom. The lowest BCUT2D eigenvalue weighted by molar-refractivity contribution is -0.139. The third-order valence-corrected chi connectivity index (χ3v) is 6.76. The Labute approximate surface area is 199 Å². The molecule has 0 aliphatic carbocycles. The van der Waals surface area contributed by atoms with Crippen LogP contribution in [0.3, 0.4) is 0 Å². The summed E-state index contributed by atoms with van der Waals surface area (Å²) >= 11 is 6.26. The minimum absolute atomic E-state index is 0.0253. The second kappa shape index (κ2) is 11.5. The van der Waals surface area contributed by atoms with Gasteiger partial charge in [0.25, 0.3) is 0 Å². The summed E-state index contributed by atoms with van der Waals surface area (Å²) in [6.45, 7) is 4.61. The summed E-state index contributed by atoms with van der Waals surface area (Å²) in [5.74, 6) is -1.84. The number of carbonyl (C=O) groups excluding carboxylic acids is 2. The van der Waals surface area contributed by atoms with Gasteiger partial charge in [-0.1, -0.05) is 48.9 Å². The monoisotopic (exact) mass is 497 g/mol. The zero-order chi connectivity index (χ0) is 24.8. The van der Waals surface area contributed by atoms with Gasteiger partial charge in [0, 0.05) is 17.6 Å². The van der Waals surface area contributed by atoms with Crippen molar-refractivity contribution >= 4 is 39.1 Å². The average Bonchev–Trinajstić information content (AvgIpc) is 2.76. The molecule has 0 aromatic heterocycles. The molecule has 2 amide bonds. The third-order valence-electron chi connectivity index (χ3n) is 5.27. The van der Waals surface area contributed by atoms with Crippen molar-refractivity contribution in [3.05, 3.63) is 64.9 Å². The molecule has 10 heteroatoms. The number of anilines is 1. The van der Waals surface area contributed by atoms with Crippen LogP contribution in [-0.2, 0) is 26.2 Å². The van der Waals surface area contributed by atoms with Crippen LogP contribution in [0.2, 0.25) is 5.02 Å². The largest absolute Gasteiger partial charge is 0.352 e. The van der Waals surface area contributed by atoms with Crippen LogP contribution >= 0.6 is 11.6 Å². The second-order valence-electron chi connectivity index (χ2n) is 7.83. The fraction of sp³-hybridized carbons (Fsp3) is 0.391. The van der Waals surface area contributed by atoms with Crippen LogP contribution in [-0.4, -0.2) is 50.0 Å². The molecule has 2 atom stereocenters. The first-order valence-corrected chi connectivity index (χ1v) is 12.7. The number of hydrogen-bond donors (Lipinski definition) is 1. The molecule has 0 aliphatic heterocycles. The van der Waals surface area contributed by atoms with Crippen LogP contribution in [0.5, 0.6) is 0 Å². The van der Waals surface area contributed by atoms with Crippen molar-refractivity contribution in [3.63, 3.8) is 0 Å². The zero-order valence-corrected chi connectivity index (χ0v) is 20.7. The third kappa shape index (κ3) is 7.17. The molecule has 0 saturated carbocycles. The summed E-state index contributed by atoms with van der Waals surface area (Å²) < 4.78 is 39.9. The first-order valence-electron chi connectivity index (χ1n) is 10.5. The van der Waals surface area contributed by atoms with Gasteiger partial charge in [-0.25, -0.2) is 12.8 Å². The number of nitrogens with zero attached hydrogens (tertiary/aromatic N) is 2. The normalized spacial score (nSPS) is 13.2. The van der Waals surface area contributed by atoms with Crippen molar-refractivity contribution in [1.82, 2.24) is 10.2 Å². The minimum atomic E-state index is -4.00. The molecule has 0 radical (unpaired) electrons. The second-order valence-corrected chi connectivity index (χ2v) is 10.1. The van der Waals surface area contributed by atoms with Crippen molar-refractivity contribution in [3.8, 4) is 0 Å². The highest BCUT2D eigenvalue weighted by Gasteiger charge is 2.31. The van der Waals surface area contributed by atoms with Gasteiger partial charge in [0.2, 0.25) is 21.8 Å². The fourth-order valence-electron chi connectivity index (χ4n) is 3.11. The highest BCUT2D eigenvalue weighted by molar-refractivity contribution is 7.92. The SMILES string of the molecule is CC[C@H](C)NC(=O)[C@@H](C)N(Cc1ccccc1Cl)C(=O)CN(c1ccccc1F)S(C)(=O)=O. The molecule has 0 unspecified atom stereocenters. The van der Waals surface area contributed by atoms with E-state index in [4.69, 9.17) is 11.6 Å². The Morgan fingerprint density at radius 3 is 2.27 bits per heavy atom. The molecule has 2 rings (SSSR count). The van der Waals surface area contributed by atoms with Gasteiger partial charge in [-0.3, -0.25) is 13.9 Å². The Kier molecular flexibility index (Phi) is 9.25. The number of halogens is 2. The number of carbonyl (C=O) groups is 2. The van der Waals surface area contributed by atoms with Crippen LogP contribution in [0.15, 0.2) is 48.5 Å². The molecule has 33 heavy (non-hydrogen) atoms. The lowest BCUT2D eigenvalue weighted by atomic mass is 10.1. The predicted molar refractivity (Wildman–Crippen MR) is 128 cm³/mol. The van der Waals surface area contributed by atoms with Crippen molar-refractivity contribution in [2.75, 3.05) is 17.1 Å². The number of amides is 2. The van der Waals surface area contributed by atoms with Gasteiger partial charge in [0.05, 0.1) is 11.9 Å². The van der Waals surface area contributed by atoms with Gasteiger partial charge in [0.1, 0.15) is 18.4 Å². The smallest absolute Gasteiger partial charge is 0.244 e. The molecule has 0 heterocycles. The number of rotatable bonds is 10. The van der Waals surface area contributed by atoms with Crippen LogP contribution in [0.1, 0.15) is 32.8 Å². The highest BCUT2D eigenvalue weighted by Crippen LogP contribution is 2.23. The van der Waals surface area contributed by atoms with Gasteiger partial charge in [-0.2, -0.15) is 0 Å². The average molecular weight is 498 g/mol. The van der Waals surface area contributed by atoms with E-state index in [9.17, 15) is 22.4 Å². The fourth-order valence-corrected chi connectivity index (χ4v) is 4.15. The summed E-state index contributed by atoms with van der Waals surface area (Å²) in [6, 6.07) is 11.1. The Morgan fingerprint density at radius 1 is 1.09 bits per heavy atom. The van der Waals surface area contributed by atoms with Crippen molar-refractivity contribution in [2.24, 2.45) is 0 Å². The lowest BCUT2D eigenvalue weighted by Gasteiger charge is -2.32. The maximum Gasteiger partial charge on any atom is 0.244 e. The van der Waals surface area contributed by atoms with E-state index in [0.29, 0.717) is 21.3 Å². The first-order chi connectivity index (χ1) is 15.5. The van der Waals surface area contributed by atoms with E-state index >= 15 is 0 Å². The molecule has 0 spiro atoms. The van der Waals surface area contributed by atoms with E-state index in [0.717, 1.165) is 12.3 Å². The summed E-state index contributed by atoms with van der Waals surface area (Å²) in [6.07, 6.45) is 1.59. The maximum atomic E-state index is 14.4. The zero-order valence-electron chi connectivity index (χ0n) is 19.1. The first kappa shape index (κ1) is 26.6. The molecule has 1 N–H and O–H groups in total. The topological polar surface area (TPSA) is 86.8 Å². The number of hydrogen-bond acceptors (Lipinski definition) is 4. The number of nitrogens with one attached hydrogen (secondary N) is 1. The minimum Gasteiger partial charge on any atom is -0.352 e. The van der Waals surface area contributed by atoms with Gasteiger partial charge < -0.3 is 10.2 Å². The molecule has 0 saturated heterocycles. The Hall–Kier alpha value is -2.65. The maximum absolute atomic E-state index is 14.4. The number of para-hydroxylation sites is 1. The van der Waals surface area contributed by atoms with Crippen LogP contribution in [0, 0.1) is 5.82 Å². The van der Waals surface area contributed by atoms with Crippen molar-refractivity contribution in [2.45, 2.75) is 45.8 Å². The Bertz CT molecular complexity index is 1100. The van der Waals surface area contributed by atoms with E-state index < -0.39 is 34.3 Å². The predicted octanol–water partition coefficient (Wildman–Crippen LogP) is 3.58. The summed E-state index contributed by atoms with van der Waals surface area (Å²) in [7, 11) is -4.00. The van der Waals surface area contributed by atoms with E-state index in [-0.39, 0.29) is 24.2 Å². The van der Waals surface area contributed by atoms with Gasteiger partial charge in [-0.15, -0.1) is 0 Å². The van der Waals surface area contributed by atoms with Crippen LogP contribution < -0.4 is 9.62 Å². The van der Waals surface area contributed by atoms with Crippen molar-refractivity contribution < 1.29 is 22.4 Å². The van der Waals surface area contributed by atoms with E-state index in [2.05, 4.69) is 5.32 Å². The molecule has 2 aromatic carbocycles. The lowest BCUT2D eigenvalue weighted by Crippen LogP contribution is -2.52. The van der Waals surface area contributed by atoms with Crippen molar-refractivity contribution in [1.29, 1.82) is 0 Å². The quantitative estimate of drug-likeness (QED) is 0.543. The molecule has 180 valence electrons. The van der Waals surface area contributed by atoms with E-state index in [1.54, 1.807) is 31.2 Å². The molecular weight excluding hydrogens is 469 g/mol. The van der Waals surface area contributed by atoms with E-state index in [1.807, 2.05) is 13.8 Å². The molecule has 2 aromatic rings. The molecular formula is C23H29ClFN3O4S. The summed E-state index contributed by atoms with van der Waals surface area (Å²) in [4.78, 5) is 27.4. The highest BCUT2D eigenvalue weighted by atomic mass is 35.5. The number of sulfonamides is 1. The standard InChI is InChI=1S/C23H29ClFN3O4S/c1-5-16(2)26-23(30)17(3)27(14-18-10-6-7-11-19(18)24)22(29)15-28(33(4,31)32)21-13-9-8-12-20(21)25/h6-13,16-17H,5,14-15H2,1-4H3,(H,26,30)/t16-,17+/m0/s1. The summed E-state index contributed by atoms with van der Waals surface area (Å²) in [5, 5.41) is 3.23.